The Hall–Kier alpha value is -0.410. The van der Waals surface area contributed by atoms with E-state index in [1.54, 1.807) is 13.1 Å². The quantitative estimate of drug-likeness (QED) is 0.863. The number of hydrogen-bond acceptors (Lipinski definition) is 2. The standard InChI is InChI=1S/C9H12BrNO/c1-7(12)4-5-9-8(10)3-2-6-11-9/h2-3,6-7,12H,4-5H2,1H3/t7-/m0/s1. The fourth-order valence-electron chi connectivity index (χ4n) is 0.948. The summed E-state index contributed by atoms with van der Waals surface area (Å²) >= 11 is 3.40. The maximum absolute atomic E-state index is 9.06. The van der Waals surface area contributed by atoms with Crippen molar-refractivity contribution in [1.29, 1.82) is 0 Å². The number of nitrogens with zero attached hydrogens (tertiary/aromatic N) is 1. The summed E-state index contributed by atoms with van der Waals surface area (Å²) in [6, 6.07) is 3.85. The molecule has 1 heterocycles. The highest BCUT2D eigenvalue weighted by molar-refractivity contribution is 9.10. The predicted molar refractivity (Wildman–Crippen MR) is 51.9 cm³/mol. The van der Waals surface area contributed by atoms with Crippen molar-refractivity contribution in [1.82, 2.24) is 4.98 Å². The zero-order chi connectivity index (χ0) is 8.97. The molecule has 0 fully saturated rings. The van der Waals surface area contributed by atoms with E-state index in [0.29, 0.717) is 0 Å². The second-order valence-corrected chi connectivity index (χ2v) is 3.67. The average Bonchev–Trinajstić information content (AvgIpc) is 2.03. The molecular formula is C9H12BrNO. The van der Waals surface area contributed by atoms with E-state index in [0.717, 1.165) is 23.0 Å². The van der Waals surface area contributed by atoms with Gasteiger partial charge in [-0.1, -0.05) is 0 Å². The van der Waals surface area contributed by atoms with Crippen molar-refractivity contribution in [2.24, 2.45) is 0 Å². The van der Waals surface area contributed by atoms with Crippen LogP contribution in [0.15, 0.2) is 22.8 Å². The molecule has 0 spiro atoms. The molecule has 0 aliphatic carbocycles. The van der Waals surface area contributed by atoms with Crippen molar-refractivity contribution in [3.05, 3.63) is 28.5 Å². The third-order valence-corrected chi connectivity index (χ3v) is 2.36. The molecule has 1 aromatic rings. The van der Waals surface area contributed by atoms with Crippen molar-refractivity contribution in [3.63, 3.8) is 0 Å². The van der Waals surface area contributed by atoms with E-state index >= 15 is 0 Å². The van der Waals surface area contributed by atoms with Crippen LogP contribution in [-0.4, -0.2) is 16.2 Å². The lowest BCUT2D eigenvalue weighted by molar-refractivity contribution is 0.184. The smallest absolute Gasteiger partial charge is 0.0546 e. The summed E-state index contributed by atoms with van der Waals surface area (Å²) in [4.78, 5) is 4.19. The summed E-state index contributed by atoms with van der Waals surface area (Å²) in [7, 11) is 0. The van der Waals surface area contributed by atoms with Gasteiger partial charge in [0.25, 0.3) is 0 Å². The van der Waals surface area contributed by atoms with E-state index in [1.165, 1.54) is 0 Å². The zero-order valence-corrected chi connectivity index (χ0v) is 8.58. The van der Waals surface area contributed by atoms with Gasteiger partial charge in [0.1, 0.15) is 0 Å². The second kappa shape index (κ2) is 4.58. The van der Waals surface area contributed by atoms with Gasteiger partial charge in [0.2, 0.25) is 0 Å². The molecule has 0 aromatic carbocycles. The van der Waals surface area contributed by atoms with Gasteiger partial charge in [0.05, 0.1) is 11.8 Å². The maximum Gasteiger partial charge on any atom is 0.0546 e. The van der Waals surface area contributed by atoms with Gasteiger partial charge in [0.15, 0.2) is 0 Å². The third-order valence-electron chi connectivity index (χ3n) is 1.63. The first-order valence-electron chi connectivity index (χ1n) is 3.97. The van der Waals surface area contributed by atoms with Gasteiger partial charge in [-0.2, -0.15) is 0 Å². The lowest BCUT2D eigenvalue weighted by Gasteiger charge is -2.04. The van der Waals surface area contributed by atoms with E-state index in [1.807, 2.05) is 12.1 Å². The minimum absolute atomic E-state index is 0.251. The van der Waals surface area contributed by atoms with Gasteiger partial charge in [0, 0.05) is 10.7 Å². The highest BCUT2D eigenvalue weighted by Gasteiger charge is 2.01. The van der Waals surface area contributed by atoms with Crippen LogP contribution in [0.3, 0.4) is 0 Å². The first kappa shape index (κ1) is 9.68. The lowest BCUT2D eigenvalue weighted by atomic mass is 10.1. The average molecular weight is 230 g/mol. The number of aromatic nitrogens is 1. The summed E-state index contributed by atoms with van der Waals surface area (Å²) < 4.78 is 1.02. The molecule has 0 radical (unpaired) electrons. The molecule has 0 amide bonds. The fourth-order valence-corrected chi connectivity index (χ4v) is 1.40. The Morgan fingerprint density at radius 3 is 3.00 bits per heavy atom. The van der Waals surface area contributed by atoms with Gasteiger partial charge >= 0.3 is 0 Å². The van der Waals surface area contributed by atoms with Crippen molar-refractivity contribution in [3.8, 4) is 0 Å². The van der Waals surface area contributed by atoms with E-state index in [9.17, 15) is 0 Å². The van der Waals surface area contributed by atoms with Gasteiger partial charge < -0.3 is 5.11 Å². The Labute approximate surface area is 80.8 Å². The van der Waals surface area contributed by atoms with Crippen LogP contribution in [0.25, 0.3) is 0 Å². The molecule has 1 N–H and O–H groups in total. The molecule has 2 nitrogen and oxygen atoms in total. The molecule has 0 aliphatic rings. The van der Waals surface area contributed by atoms with Gasteiger partial charge in [-0.3, -0.25) is 4.98 Å². The van der Waals surface area contributed by atoms with Crippen LogP contribution in [0, 0.1) is 0 Å². The number of rotatable bonds is 3. The fraction of sp³-hybridized carbons (Fsp3) is 0.444. The summed E-state index contributed by atoms with van der Waals surface area (Å²) in [6.07, 6.45) is 3.09. The van der Waals surface area contributed by atoms with E-state index in [2.05, 4.69) is 20.9 Å². The first-order valence-corrected chi connectivity index (χ1v) is 4.77. The molecule has 1 rings (SSSR count). The minimum atomic E-state index is -0.251. The van der Waals surface area contributed by atoms with Crippen LogP contribution in [0.5, 0.6) is 0 Å². The number of halogens is 1. The van der Waals surface area contributed by atoms with Gasteiger partial charge in [-0.05, 0) is 47.8 Å². The van der Waals surface area contributed by atoms with Crippen molar-refractivity contribution >= 4 is 15.9 Å². The molecular weight excluding hydrogens is 218 g/mol. The Bertz CT molecular complexity index is 250. The molecule has 0 saturated heterocycles. The first-order chi connectivity index (χ1) is 5.70. The lowest BCUT2D eigenvalue weighted by Crippen LogP contribution is -2.02. The van der Waals surface area contributed by atoms with Crippen LogP contribution in [-0.2, 0) is 6.42 Å². The number of aryl methyl sites for hydroxylation is 1. The molecule has 0 aliphatic heterocycles. The monoisotopic (exact) mass is 229 g/mol. The predicted octanol–water partition coefficient (Wildman–Crippen LogP) is 2.16. The Morgan fingerprint density at radius 2 is 2.42 bits per heavy atom. The molecule has 1 aromatic heterocycles. The normalized spacial score (nSPS) is 12.9. The topological polar surface area (TPSA) is 33.1 Å². The summed E-state index contributed by atoms with van der Waals surface area (Å²) in [6.45, 7) is 1.79. The zero-order valence-electron chi connectivity index (χ0n) is 7.00. The third kappa shape index (κ3) is 2.91. The molecule has 0 unspecified atom stereocenters. The maximum atomic E-state index is 9.06. The van der Waals surface area contributed by atoms with Crippen LogP contribution >= 0.6 is 15.9 Å². The number of hydrogen-bond donors (Lipinski definition) is 1. The van der Waals surface area contributed by atoms with Gasteiger partial charge in [-0.15, -0.1) is 0 Å². The SMILES string of the molecule is C[C@H](O)CCc1ncccc1Br. The van der Waals surface area contributed by atoms with E-state index in [-0.39, 0.29) is 6.10 Å². The summed E-state index contributed by atoms with van der Waals surface area (Å²) in [5.74, 6) is 0. The van der Waals surface area contributed by atoms with E-state index in [4.69, 9.17) is 5.11 Å². The van der Waals surface area contributed by atoms with Crippen molar-refractivity contribution < 1.29 is 5.11 Å². The van der Waals surface area contributed by atoms with Crippen LogP contribution < -0.4 is 0 Å². The second-order valence-electron chi connectivity index (χ2n) is 2.82. The van der Waals surface area contributed by atoms with E-state index < -0.39 is 0 Å². The Morgan fingerprint density at radius 1 is 1.67 bits per heavy atom. The summed E-state index contributed by atoms with van der Waals surface area (Å²) in [5.41, 5.74) is 1.01. The molecule has 12 heavy (non-hydrogen) atoms. The Balaban J connectivity index is 2.57. The minimum Gasteiger partial charge on any atom is -0.393 e. The highest BCUT2D eigenvalue weighted by atomic mass is 79.9. The highest BCUT2D eigenvalue weighted by Crippen LogP contribution is 2.15. The molecule has 3 heteroatoms. The Kier molecular flexibility index (Phi) is 3.69. The van der Waals surface area contributed by atoms with Gasteiger partial charge in [-0.25, -0.2) is 0 Å². The largest absolute Gasteiger partial charge is 0.393 e. The molecule has 66 valence electrons. The van der Waals surface area contributed by atoms with Crippen LogP contribution in [0.4, 0.5) is 0 Å². The molecule has 0 saturated carbocycles. The molecule has 1 atom stereocenters. The van der Waals surface area contributed by atoms with Crippen LogP contribution in [0.1, 0.15) is 19.0 Å². The van der Waals surface area contributed by atoms with Crippen molar-refractivity contribution in [2.75, 3.05) is 0 Å². The molecule has 0 bridgehead atoms. The number of pyridine rings is 1. The number of aliphatic hydroxyl groups is 1. The van der Waals surface area contributed by atoms with Crippen LogP contribution in [0.2, 0.25) is 0 Å². The summed E-state index contributed by atoms with van der Waals surface area (Å²) in [5, 5.41) is 9.06. The number of aliphatic hydroxyl groups excluding tert-OH is 1. The van der Waals surface area contributed by atoms with Crippen molar-refractivity contribution in [2.45, 2.75) is 25.9 Å².